The molecule has 0 saturated heterocycles. The second-order valence-electron chi connectivity index (χ2n) is 5.44. The molecule has 0 spiro atoms. The van der Waals surface area contributed by atoms with Crippen LogP contribution in [0, 0.1) is 0 Å². The van der Waals surface area contributed by atoms with E-state index in [2.05, 4.69) is 0 Å². The van der Waals surface area contributed by atoms with Crippen molar-refractivity contribution in [2.45, 2.75) is 32.5 Å². The van der Waals surface area contributed by atoms with E-state index < -0.39 is 6.10 Å². The van der Waals surface area contributed by atoms with Crippen molar-refractivity contribution < 1.29 is 19.0 Å². The third-order valence-corrected chi connectivity index (χ3v) is 3.78. The minimum Gasteiger partial charge on any atom is -0.489 e. The van der Waals surface area contributed by atoms with Crippen LogP contribution in [0.5, 0.6) is 11.5 Å². The van der Waals surface area contributed by atoms with E-state index in [9.17, 15) is 4.79 Å². The van der Waals surface area contributed by atoms with Crippen LogP contribution in [0.1, 0.15) is 24.5 Å². The minimum absolute atomic E-state index is 0.297. The highest BCUT2D eigenvalue weighted by atomic mass is 16.6. The standard InChI is InChI=1S/C19H20O4/c1-2-21-19(20)17-11-9-15-8-10-16(12-18(15)23-17)22-13-14-6-4-3-5-7-14/h3-8,10,12,17H,2,9,11,13H2,1H3/t17-/m0/s1. The molecule has 1 aliphatic rings. The van der Waals surface area contributed by atoms with Crippen LogP contribution in [0.15, 0.2) is 48.5 Å². The van der Waals surface area contributed by atoms with Crippen LogP contribution in [0.25, 0.3) is 0 Å². The normalized spacial score (nSPS) is 16.1. The molecule has 23 heavy (non-hydrogen) atoms. The fraction of sp³-hybridized carbons (Fsp3) is 0.316. The van der Waals surface area contributed by atoms with E-state index in [1.54, 1.807) is 6.92 Å². The summed E-state index contributed by atoms with van der Waals surface area (Å²) in [4.78, 5) is 11.8. The predicted molar refractivity (Wildman–Crippen MR) is 86.6 cm³/mol. The quantitative estimate of drug-likeness (QED) is 0.792. The summed E-state index contributed by atoms with van der Waals surface area (Å²) in [5.74, 6) is 1.14. The van der Waals surface area contributed by atoms with Crippen molar-refractivity contribution in [3.05, 3.63) is 59.7 Å². The summed E-state index contributed by atoms with van der Waals surface area (Å²) in [6.45, 7) is 2.66. The fourth-order valence-corrected chi connectivity index (χ4v) is 2.58. The van der Waals surface area contributed by atoms with Gasteiger partial charge in [0.2, 0.25) is 0 Å². The van der Waals surface area contributed by atoms with E-state index in [1.807, 2.05) is 48.5 Å². The molecule has 3 rings (SSSR count). The molecule has 0 saturated carbocycles. The molecule has 0 radical (unpaired) electrons. The van der Waals surface area contributed by atoms with E-state index in [4.69, 9.17) is 14.2 Å². The number of hydrogen-bond acceptors (Lipinski definition) is 4. The molecule has 1 aliphatic heterocycles. The number of carbonyl (C=O) groups excluding carboxylic acids is 1. The van der Waals surface area contributed by atoms with Gasteiger partial charge >= 0.3 is 5.97 Å². The molecular formula is C19H20O4. The van der Waals surface area contributed by atoms with Crippen LogP contribution in [-0.4, -0.2) is 18.7 Å². The monoisotopic (exact) mass is 312 g/mol. The van der Waals surface area contributed by atoms with Crippen LogP contribution >= 0.6 is 0 Å². The van der Waals surface area contributed by atoms with Gasteiger partial charge in [-0.15, -0.1) is 0 Å². The lowest BCUT2D eigenvalue weighted by Crippen LogP contribution is -2.32. The van der Waals surface area contributed by atoms with E-state index in [1.165, 1.54) is 0 Å². The van der Waals surface area contributed by atoms with Gasteiger partial charge in [0.15, 0.2) is 6.10 Å². The van der Waals surface area contributed by atoms with Crippen LogP contribution in [0.3, 0.4) is 0 Å². The number of ether oxygens (including phenoxy) is 3. The first-order valence-corrected chi connectivity index (χ1v) is 7.89. The average Bonchev–Trinajstić information content (AvgIpc) is 2.60. The second-order valence-corrected chi connectivity index (χ2v) is 5.44. The summed E-state index contributed by atoms with van der Waals surface area (Å²) >= 11 is 0. The lowest BCUT2D eigenvalue weighted by molar-refractivity contribution is -0.152. The Kier molecular flexibility index (Phi) is 4.81. The molecule has 0 aliphatic carbocycles. The summed E-state index contributed by atoms with van der Waals surface area (Å²) in [5, 5.41) is 0. The number of hydrogen-bond donors (Lipinski definition) is 0. The number of fused-ring (bicyclic) bond motifs is 1. The van der Waals surface area contributed by atoms with Gasteiger partial charge in [-0.05, 0) is 37.0 Å². The molecule has 0 N–H and O–H groups in total. The zero-order valence-corrected chi connectivity index (χ0v) is 13.2. The van der Waals surface area contributed by atoms with Crippen LogP contribution in [0.2, 0.25) is 0 Å². The molecule has 0 amide bonds. The maximum Gasteiger partial charge on any atom is 0.347 e. The van der Waals surface area contributed by atoms with Crippen molar-refractivity contribution in [2.24, 2.45) is 0 Å². The Morgan fingerprint density at radius 3 is 2.83 bits per heavy atom. The van der Waals surface area contributed by atoms with E-state index >= 15 is 0 Å². The smallest absolute Gasteiger partial charge is 0.347 e. The predicted octanol–water partition coefficient (Wildman–Crippen LogP) is 3.52. The summed E-state index contributed by atoms with van der Waals surface area (Å²) < 4.78 is 16.6. The molecule has 1 atom stereocenters. The summed E-state index contributed by atoms with van der Waals surface area (Å²) in [7, 11) is 0. The highest BCUT2D eigenvalue weighted by molar-refractivity contribution is 5.75. The Labute approximate surface area is 136 Å². The largest absolute Gasteiger partial charge is 0.489 e. The Morgan fingerprint density at radius 1 is 1.22 bits per heavy atom. The zero-order chi connectivity index (χ0) is 16.1. The highest BCUT2D eigenvalue weighted by Crippen LogP contribution is 2.32. The molecule has 1 heterocycles. The summed E-state index contributed by atoms with van der Waals surface area (Å²) in [6, 6.07) is 15.8. The minimum atomic E-state index is -0.521. The number of benzene rings is 2. The molecule has 120 valence electrons. The number of carbonyl (C=O) groups is 1. The molecule has 0 fully saturated rings. The van der Waals surface area contributed by atoms with Crippen LogP contribution in [0.4, 0.5) is 0 Å². The first-order chi connectivity index (χ1) is 11.3. The van der Waals surface area contributed by atoms with E-state index in [0.717, 1.165) is 23.3 Å². The van der Waals surface area contributed by atoms with Crippen LogP contribution in [-0.2, 0) is 22.6 Å². The zero-order valence-electron chi connectivity index (χ0n) is 13.2. The molecule has 4 heteroatoms. The van der Waals surface area contributed by atoms with Crippen molar-refractivity contribution >= 4 is 5.97 Å². The van der Waals surface area contributed by atoms with Gasteiger partial charge in [0, 0.05) is 6.07 Å². The van der Waals surface area contributed by atoms with Gasteiger partial charge in [0.05, 0.1) is 6.61 Å². The lowest BCUT2D eigenvalue weighted by atomic mass is 10.0. The highest BCUT2D eigenvalue weighted by Gasteiger charge is 2.27. The topological polar surface area (TPSA) is 44.8 Å². The van der Waals surface area contributed by atoms with Crippen molar-refractivity contribution in [2.75, 3.05) is 6.61 Å². The SMILES string of the molecule is CCOC(=O)[C@@H]1CCc2ccc(OCc3ccccc3)cc2O1. The Hall–Kier alpha value is -2.49. The Balaban J connectivity index is 1.67. The molecule has 0 unspecified atom stereocenters. The number of aryl methyl sites for hydroxylation is 1. The average molecular weight is 312 g/mol. The lowest BCUT2D eigenvalue weighted by Gasteiger charge is -2.25. The second kappa shape index (κ2) is 7.18. The van der Waals surface area contributed by atoms with Crippen molar-refractivity contribution in [3.63, 3.8) is 0 Å². The van der Waals surface area contributed by atoms with Gasteiger partial charge < -0.3 is 14.2 Å². The summed E-state index contributed by atoms with van der Waals surface area (Å²) in [5.41, 5.74) is 2.20. The van der Waals surface area contributed by atoms with Gasteiger partial charge in [-0.3, -0.25) is 0 Å². The molecule has 2 aromatic carbocycles. The molecular weight excluding hydrogens is 292 g/mol. The van der Waals surface area contributed by atoms with E-state index in [-0.39, 0.29) is 5.97 Å². The molecule has 0 aromatic heterocycles. The fourth-order valence-electron chi connectivity index (χ4n) is 2.58. The molecule has 2 aromatic rings. The summed E-state index contributed by atoms with van der Waals surface area (Å²) in [6.07, 6.45) is 0.931. The van der Waals surface area contributed by atoms with Gasteiger partial charge in [0.25, 0.3) is 0 Å². The van der Waals surface area contributed by atoms with Gasteiger partial charge in [-0.1, -0.05) is 36.4 Å². The van der Waals surface area contributed by atoms with Crippen molar-refractivity contribution in [1.82, 2.24) is 0 Å². The Morgan fingerprint density at radius 2 is 2.04 bits per heavy atom. The first-order valence-electron chi connectivity index (χ1n) is 7.89. The maximum atomic E-state index is 11.8. The molecule has 0 bridgehead atoms. The van der Waals surface area contributed by atoms with Crippen LogP contribution < -0.4 is 9.47 Å². The number of rotatable bonds is 5. The first kappa shape index (κ1) is 15.4. The van der Waals surface area contributed by atoms with Gasteiger partial charge in [-0.25, -0.2) is 4.79 Å². The van der Waals surface area contributed by atoms with Gasteiger partial charge in [-0.2, -0.15) is 0 Å². The third-order valence-electron chi connectivity index (χ3n) is 3.78. The van der Waals surface area contributed by atoms with Gasteiger partial charge in [0.1, 0.15) is 18.1 Å². The number of esters is 1. The maximum absolute atomic E-state index is 11.8. The van der Waals surface area contributed by atoms with Crippen molar-refractivity contribution in [1.29, 1.82) is 0 Å². The Bertz CT molecular complexity index is 666. The molecule has 4 nitrogen and oxygen atoms in total. The third kappa shape index (κ3) is 3.83. The van der Waals surface area contributed by atoms with Crippen molar-refractivity contribution in [3.8, 4) is 11.5 Å². The van der Waals surface area contributed by atoms with E-state index in [0.29, 0.717) is 25.4 Å².